The van der Waals surface area contributed by atoms with Crippen molar-refractivity contribution in [1.82, 2.24) is 10.2 Å². The summed E-state index contributed by atoms with van der Waals surface area (Å²) in [7, 11) is -0.288. The molecule has 0 bridgehead atoms. The fourth-order valence-corrected chi connectivity index (χ4v) is 6.98. The highest BCUT2D eigenvalue weighted by atomic mass is 35.5. The molecule has 10 nitrogen and oxygen atoms in total. The van der Waals surface area contributed by atoms with Crippen molar-refractivity contribution < 1.29 is 32.2 Å². The lowest BCUT2D eigenvalue weighted by atomic mass is 10.0. The van der Waals surface area contributed by atoms with E-state index in [1.54, 1.807) is 30.3 Å². The lowest BCUT2D eigenvalue weighted by Crippen LogP contribution is -2.54. The van der Waals surface area contributed by atoms with Gasteiger partial charge < -0.3 is 24.4 Å². The van der Waals surface area contributed by atoms with Crippen molar-refractivity contribution in [3.63, 3.8) is 0 Å². The first kappa shape index (κ1) is 38.4. The van der Waals surface area contributed by atoms with E-state index in [1.807, 2.05) is 44.2 Å². The van der Waals surface area contributed by atoms with E-state index >= 15 is 0 Å². The number of benzene rings is 4. The Kier molecular flexibility index (Phi) is 13.4. The number of ether oxygens (including phenoxy) is 3. The van der Waals surface area contributed by atoms with E-state index in [2.05, 4.69) is 5.32 Å². The molecule has 0 aliphatic carbocycles. The third kappa shape index (κ3) is 9.41. The lowest BCUT2D eigenvalue weighted by molar-refractivity contribution is -0.140. The highest BCUT2D eigenvalue weighted by Crippen LogP contribution is 2.37. The van der Waals surface area contributed by atoms with Crippen molar-refractivity contribution in [2.24, 2.45) is 0 Å². The Balaban J connectivity index is 1.88. The van der Waals surface area contributed by atoms with Crippen molar-refractivity contribution in [3.8, 4) is 17.2 Å². The first-order valence-electron chi connectivity index (χ1n) is 15.9. The number of carbonyl (C=O) groups is 2. The van der Waals surface area contributed by atoms with Crippen molar-refractivity contribution in [1.29, 1.82) is 0 Å². The van der Waals surface area contributed by atoms with E-state index in [1.165, 1.54) is 56.6 Å². The molecule has 13 heteroatoms. The molecule has 4 aromatic carbocycles. The second-order valence-electron chi connectivity index (χ2n) is 11.5. The van der Waals surface area contributed by atoms with Gasteiger partial charge in [0.1, 0.15) is 18.3 Å². The van der Waals surface area contributed by atoms with Crippen LogP contribution in [-0.4, -0.2) is 65.1 Å². The van der Waals surface area contributed by atoms with Gasteiger partial charge in [0.2, 0.25) is 11.8 Å². The molecule has 2 atom stereocenters. The summed E-state index contributed by atoms with van der Waals surface area (Å²) in [4.78, 5) is 30.0. The van der Waals surface area contributed by atoms with Gasteiger partial charge in [-0.1, -0.05) is 72.6 Å². The number of hydrogen-bond acceptors (Lipinski definition) is 7. The third-order valence-corrected chi connectivity index (χ3v) is 10.4. The quantitative estimate of drug-likeness (QED) is 0.135. The standard InChI is InChI=1S/C37H41Cl2N3O7S/c1-6-25(2)40-37(44)32(20-26-10-8-7-9-11-26)41(23-27-12-14-28(38)15-13-27)36(43)24-42(31-21-29(39)16-18-33(31)47-3)50(45,46)30-17-19-34(48-4)35(22-30)49-5/h7-19,21-22,25,32H,6,20,23-24H2,1-5H3,(H,40,44)/t25-,32+/m0/s1. The van der Waals surface area contributed by atoms with E-state index in [0.29, 0.717) is 22.8 Å². The average Bonchev–Trinajstić information content (AvgIpc) is 3.12. The number of rotatable bonds is 16. The van der Waals surface area contributed by atoms with Crippen molar-refractivity contribution in [3.05, 3.63) is 112 Å². The van der Waals surface area contributed by atoms with Gasteiger partial charge in [0, 0.05) is 35.1 Å². The predicted molar refractivity (Wildman–Crippen MR) is 196 cm³/mol. The van der Waals surface area contributed by atoms with Crippen LogP contribution in [0.4, 0.5) is 5.69 Å². The van der Waals surface area contributed by atoms with Gasteiger partial charge in [-0.2, -0.15) is 0 Å². The zero-order chi connectivity index (χ0) is 36.4. The van der Waals surface area contributed by atoms with Gasteiger partial charge in [0.05, 0.1) is 31.9 Å². The van der Waals surface area contributed by atoms with E-state index in [0.717, 1.165) is 9.87 Å². The maximum atomic E-state index is 14.8. The van der Waals surface area contributed by atoms with Gasteiger partial charge in [-0.3, -0.25) is 13.9 Å². The second-order valence-corrected chi connectivity index (χ2v) is 14.3. The van der Waals surface area contributed by atoms with Gasteiger partial charge in [-0.05, 0) is 66.9 Å². The molecule has 2 amide bonds. The first-order valence-corrected chi connectivity index (χ1v) is 18.1. The summed E-state index contributed by atoms with van der Waals surface area (Å²) in [5, 5.41) is 3.74. The SMILES string of the molecule is CC[C@H](C)NC(=O)[C@@H](Cc1ccccc1)N(Cc1ccc(Cl)cc1)C(=O)CN(c1cc(Cl)ccc1OC)S(=O)(=O)c1ccc(OC)c(OC)c1. The molecule has 0 radical (unpaired) electrons. The number of sulfonamides is 1. The van der Waals surface area contributed by atoms with Crippen LogP contribution in [0.2, 0.25) is 10.0 Å². The average molecular weight is 743 g/mol. The van der Waals surface area contributed by atoms with Gasteiger partial charge in [0.15, 0.2) is 11.5 Å². The van der Waals surface area contributed by atoms with Crippen LogP contribution in [0.25, 0.3) is 0 Å². The molecule has 0 heterocycles. The van der Waals surface area contributed by atoms with Gasteiger partial charge in [0.25, 0.3) is 10.0 Å². The monoisotopic (exact) mass is 741 g/mol. The summed E-state index contributed by atoms with van der Waals surface area (Å²) in [6.45, 7) is 3.11. The number of anilines is 1. The molecule has 0 aliphatic rings. The Bertz CT molecular complexity index is 1880. The molecule has 4 aromatic rings. The number of nitrogens with one attached hydrogen (secondary N) is 1. The molecule has 0 aliphatic heterocycles. The zero-order valence-electron chi connectivity index (χ0n) is 28.6. The van der Waals surface area contributed by atoms with Crippen LogP contribution in [0.1, 0.15) is 31.4 Å². The highest BCUT2D eigenvalue weighted by Gasteiger charge is 2.36. The normalized spacial score (nSPS) is 12.4. The Morgan fingerprint density at radius 3 is 2.02 bits per heavy atom. The minimum absolute atomic E-state index is 0.0155. The van der Waals surface area contributed by atoms with Gasteiger partial charge in [-0.15, -0.1) is 0 Å². The summed E-state index contributed by atoms with van der Waals surface area (Å²) in [6, 6.07) is 23.6. The topological polar surface area (TPSA) is 114 Å². The molecule has 0 saturated carbocycles. The maximum Gasteiger partial charge on any atom is 0.265 e. The Morgan fingerprint density at radius 2 is 1.40 bits per heavy atom. The molecule has 0 spiro atoms. The predicted octanol–water partition coefficient (Wildman–Crippen LogP) is 6.77. The molecule has 0 saturated heterocycles. The molecule has 50 heavy (non-hydrogen) atoms. The first-order chi connectivity index (χ1) is 23.9. The maximum absolute atomic E-state index is 14.8. The molecular formula is C37H41Cl2N3O7S. The molecule has 266 valence electrons. The number of halogens is 2. The van der Waals surface area contributed by atoms with E-state index in [4.69, 9.17) is 37.4 Å². The summed E-state index contributed by atoms with van der Waals surface area (Å²) in [5.74, 6) is -0.371. The highest BCUT2D eigenvalue weighted by molar-refractivity contribution is 7.92. The van der Waals surface area contributed by atoms with Crippen LogP contribution in [0, 0.1) is 0 Å². The molecular weight excluding hydrogens is 701 g/mol. The van der Waals surface area contributed by atoms with Crippen LogP contribution >= 0.6 is 23.2 Å². The van der Waals surface area contributed by atoms with Crippen molar-refractivity contribution in [2.75, 3.05) is 32.2 Å². The fourth-order valence-electron chi connectivity index (χ4n) is 5.26. The number of nitrogens with zero attached hydrogens (tertiary/aromatic N) is 2. The largest absolute Gasteiger partial charge is 0.495 e. The molecule has 4 rings (SSSR count). The number of methoxy groups -OCH3 is 3. The number of carbonyl (C=O) groups excluding carboxylic acids is 2. The Morgan fingerprint density at radius 1 is 0.780 bits per heavy atom. The summed E-state index contributed by atoms with van der Waals surface area (Å²) >= 11 is 12.6. The Hall–Kier alpha value is -4.45. The van der Waals surface area contributed by atoms with Gasteiger partial charge >= 0.3 is 0 Å². The minimum Gasteiger partial charge on any atom is -0.495 e. The number of hydrogen-bond donors (Lipinski definition) is 1. The molecule has 0 unspecified atom stereocenters. The Labute approximate surface area is 303 Å². The minimum atomic E-state index is -4.50. The smallest absolute Gasteiger partial charge is 0.265 e. The van der Waals surface area contributed by atoms with Crippen LogP contribution < -0.4 is 23.8 Å². The fraction of sp³-hybridized carbons (Fsp3) is 0.297. The third-order valence-electron chi connectivity index (χ3n) is 8.17. The van der Waals surface area contributed by atoms with Crippen LogP contribution in [-0.2, 0) is 32.6 Å². The molecule has 0 aromatic heterocycles. The molecule has 1 N–H and O–H groups in total. The van der Waals surface area contributed by atoms with E-state index < -0.39 is 28.5 Å². The lowest BCUT2D eigenvalue weighted by Gasteiger charge is -2.34. The van der Waals surface area contributed by atoms with Gasteiger partial charge in [-0.25, -0.2) is 8.42 Å². The second kappa shape index (κ2) is 17.5. The number of amides is 2. The zero-order valence-corrected chi connectivity index (χ0v) is 30.9. The van der Waals surface area contributed by atoms with Crippen molar-refractivity contribution in [2.45, 2.75) is 50.2 Å². The van der Waals surface area contributed by atoms with Crippen LogP contribution in [0.3, 0.4) is 0 Å². The van der Waals surface area contributed by atoms with E-state index in [9.17, 15) is 18.0 Å². The van der Waals surface area contributed by atoms with Crippen LogP contribution in [0.5, 0.6) is 17.2 Å². The van der Waals surface area contributed by atoms with E-state index in [-0.39, 0.29) is 52.0 Å². The summed E-state index contributed by atoms with van der Waals surface area (Å²) in [6.07, 6.45) is 0.839. The van der Waals surface area contributed by atoms with Crippen molar-refractivity contribution >= 4 is 50.7 Å². The summed E-state index contributed by atoms with van der Waals surface area (Å²) < 4.78 is 46.3. The molecule has 0 fully saturated rings. The summed E-state index contributed by atoms with van der Waals surface area (Å²) in [5.41, 5.74) is 1.53. The van der Waals surface area contributed by atoms with Crippen LogP contribution in [0.15, 0.2) is 95.9 Å².